The van der Waals surface area contributed by atoms with Gasteiger partial charge in [0.1, 0.15) is 13.1 Å². The Labute approximate surface area is 116 Å². The van der Waals surface area contributed by atoms with Crippen LogP contribution >= 0.6 is 0 Å². The van der Waals surface area contributed by atoms with Gasteiger partial charge in [-0.05, 0) is 12.8 Å². The topological polar surface area (TPSA) is 114 Å². The Kier molecular flexibility index (Phi) is 4.67. The fraction of sp³-hybridized carbons (Fsp3) is 0.667. The Balaban J connectivity index is 2.03. The van der Waals surface area contributed by atoms with Crippen LogP contribution in [0.5, 0.6) is 0 Å². The van der Waals surface area contributed by atoms with Crippen LogP contribution in [0, 0.1) is 0 Å². The molecule has 0 spiro atoms. The quantitative estimate of drug-likeness (QED) is 0.732. The average Bonchev–Trinajstić information content (AvgIpc) is 3.06. The minimum atomic E-state index is -0.994. The number of aromatic nitrogens is 3. The van der Waals surface area contributed by atoms with Crippen LogP contribution in [0.4, 0.5) is 0 Å². The molecular formula is C12H19N5O3. The number of carboxylic acids is 1. The van der Waals surface area contributed by atoms with E-state index in [1.54, 1.807) is 6.20 Å². The maximum atomic E-state index is 12.3. The van der Waals surface area contributed by atoms with E-state index in [0.29, 0.717) is 5.69 Å². The van der Waals surface area contributed by atoms with E-state index in [-0.39, 0.29) is 31.6 Å². The molecule has 0 aromatic carbocycles. The lowest BCUT2D eigenvalue weighted by Gasteiger charge is -2.27. The normalized spacial score (nSPS) is 15.4. The highest BCUT2D eigenvalue weighted by Gasteiger charge is 2.28. The number of carbonyl (C=O) groups is 2. The van der Waals surface area contributed by atoms with Gasteiger partial charge in [-0.3, -0.25) is 9.59 Å². The molecule has 0 atom stereocenters. The lowest BCUT2D eigenvalue weighted by atomic mass is 10.2. The molecule has 3 N–H and O–H groups in total. The molecule has 1 aliphatic rings. The second-order valence-corrected chi connectivity index (χ2v) is 4.97. The molecule has 1 aromatic heterocycles. The lowest BCUT2D eigenvalue weighted by Crippen LogP contribution is -2.43. The SMILES string of the molecule is NCc1cn(CC(=O)N(CC(=O)O)C2CCCC2)nn1. The highest BCUT2D eigenvalue weighted by atomic mass is 16.4. The van der Waals surface area contributed by atoms with Crippen molar-refractivity contribution in [1.29, 1.82) is 0 Å². The van der Waals surface area contributed by atoms with E-state index in [4.69, 9.17) is 10.8 Å². The van der Waals surface area contributed by atoms with Gasteiger partial charge in [-0.2, -0.15) is 0 Å². The van der Waals surface area contributed by atoms with Crippen LogP contribution in [0.2, 0.25) is 0 Å². The Bertz CT molecular complexity index is 481. The molecule has 0 unspecified atom stereocenters. The molecule has 1 fully saturated rings. The number of carboxylic acid groups (broad SMARTS) is 1. The molecule has 1 aliphatic carbocycles. The van der Waals surface area contributed by atoms with Crippen LogP contribution in [0.1, 0.15) is 31.4 Å². The second-order valence-electron chi connectivity index (χ2n) is 4.97. The molecule has 0 radical (unpaired) electrons. The lowest BCUT2D eigenvalue weighted by molar-refractivity contribution is -0.146. The molecule has 8 nitrogen and oxygen atoms in total. The monoisotopic (exact) mass is 281 g/mol. The van der Waals surface area contributed by atoms with Crippen LogP contribution in [0.3, 0.4) is 0 Å². The Morgan fingerprint density at radius 1 is 1.45 bits per heavy atom. The number of aliphatic carboxylic acids is 1. The van der Waals surface area contributed by atoms with Gasteiger partial charge in [0.15, 0.2) is 0 Å². The van der Waals surface area contributed by atoms with Gasteiger partial charge in [0, 0.05) is 12.6 Å². The van der Waals surface area contributed by atoms with Crippen molar-refractivity contribution < 1.29 is 14.7 Å². The van der Waals surface area contributed by atoms with E-state index in [1.165, 1.54) is 9.58 Å². The van der Waals surface area contributed by atoms with Gasteiger partial charge in [0.25, 0.3) is 0 Å². The number of nitrogens with zero attached hydrogens (tertiary/aromatic N) is 4. The highest BCUT2D eigenvalue weighted by molar-refractivity contribution is 5.81. The average molecular weight is 281 g/mol. The van der Waals surface area contributed by atoms with E-state index >= 15 is 0 Å². The Hall–Kier alpha value is -1.96. The first-order valence-corrected chi connectivity index (χ1v) is 6.70. The highest BCUT2D eigenvalue weighted by Crippen LogP contribution is 2.23. The molecule has 110 valence electrons. The van der Waals surface area contributed by atoms with Gasteiger partial charge in [-0.15, -0.1) is 5.10 Å². The fourth-order valence-corrected chi connectivity index (χ4v) is 2.52. The third-order valence-corrected chi connectivity index (χ3v) is 3.48. The fourth-order valence-electron chi connectivity index (χ4n) is 2.52. The third-order valence-electron chi connectivity index (χ3n) is 3.48. The van der Waals surface area contributed by atoms with Crippen molar-refractivity contribution in [2.45, 2.75) is 44.8 Å². The van der Waals surface area contributed by atoms with Crippen molar-refractivity contribution >= 4 is 11.9 Å². The zero-order valence-corrected chi connectivity index (χ0v) is 11.2. The molecule has 0 saturated heterocycles. The smallest absolute Gasteiger partial charge is 0.323 e. The number of hydrogen-bond acceptors (Lipinski definition) is 5. The second kappa shape index (κ2) is 6.47. The molecule has 8 heteroatoms. The predicted octanol–water partition coefficient (Wildman–Crippen LogP) is -0.407. The summed E-state index contributed by atoms with van der Waals surface area (Å²) in [5.41, 5.74) is 6.03. The molecular weight excluding hydrogens is 262 g/mol. The third kappa shape index (κ3) is 3.53. The molecule has 0 bridgehead atoms. The summed E-state index contributed by atoms with van der Waals surface area (Å²) in [6, 6.07) is 0.0242. The standard InChI is InChI=1S/C12H19N5O3/c13-5-9-6-16(15-14-9)7-11(18)17(8-12(19)20)10-3-1-2-4-10/h6,10H,1-5,7-8,13H2,(H,19,20). The summed E-state index contributed by atoms with van der Waals surface area (Å²) in [5.74, 6) is -1.24. The zero-order chi connectivity index (χ0) is 14.5. The van der Waals surface area contributed by atoms with Crippen LogP contribution < -0.4 is 5.73 Å². The van der Waals surface area contributed by atoms with Crippen molar-refractivity contribution in [3.8, 4) is 0 Å². The zero-order valence-electron chi connectivity index (χ0n) is 11.2. The van der Waals surface area contributed by atoms with E-state index in [0.717, 1.165) is 25.7 Å². The van der Waals surface area contributed by atoms with E-state index in [9.17, 15) is 9.59 Å². The van der Waals surface area contributed by atoms with Crippen molar-refractivity contribution in [1.82, 2.24) is 19.9 Å². The first kappa shape index (κ1) is 14.4. The summed E-state index contributed by atoms with van der Waals surface area (Å²) in [6.07, 6.45) is 5.41. The summed E-state index contributed by atoms with van der Waals surface area (Å²) >= 11 is 0. The summed E-state index contributed by atoms with van der Waals surface area (Å²) < 4.78 is 1.40. The minimum absolute atomic E-state index is 0.00319. The van der Waals surface area contributed by atoms with Crippen molar-refractivity contribution in [2.24, 2.45) is 5.73 Å². The maximum Gasteiger partial charge on any atom is 0.323 e. The van der Waals surface area contributed by atoms with Crippen LogP contribution in [0.15, 0.2) is 6.20 Å². The molecule has 1 amide bonds. The maximum absolute atomic E-state index is 12.3. The van der Waals surface area contributed by atoms with Crippen molar-refractivity contribution in [3.05, 3.63) is 11.9 Å². The van der Waals surface area contributed by atoms with Crippen LogP contribution in [-0.2, 0) is 22.7 Å². The molecule has 1 heterocycles. The molecule has 1 saturated carbocycles. The Morgan fingerprint density at radius 2 is 2.15 bits per heavy atom. The first-order chi connectivity index (χ1) is 9.60. The van der Waals surface area contributed by atoms with E-state index < -0.39 is 5.97 Å². The number of nitrogens with two attached hydrogens (primary N) is 1. The predicted molar refractivity (Wildman–Crippen MR) is 69.5 cm³/mol. The molecule has 2 rings (SSSR count). The van der Waals surface area contributed by atoms with Gasteiger partial charge in [0.05, 0.1) is 11.9 Å². The number of amides is 1. The van der Waals surface area contributed by atoms with Crippen LogP contribution in [-0.4, -0.2) is 49.5 Å². The van der Waals surface area contributed by atoms with Crippen LogP contribution in [0.25, 0.3) is 0 Å². The number of carbonyl (C=O) groups excluding carboxylic acids is 1. The number of hydrogen-bond donors (Lipinski definition) is 2. The first-order valence-electron chi connectivity index (χ1n) is 6.70. The van der Waals surface area contributed by atoms with Gasteiger partial charge in [-0.1, -0.05) is 18.1 Å². The molecule has 20 heavy (non-hydrogen) atoms. The van der Waals surface area contributed by atoms with Gasteiger partial charge < -0.3 is 15.7 Å². The van der Waals surface area contributed by atoms with Gasteiger partial charge in [-0.25, -0.2) is 4.68 Å². The number of rotatable bonds is 6. The molecule has 0 aliphatic heterocycles. The van der Waals surface area contributed by atoms with Crippen molar-refractivity contribution in [3.63, 3.8) is 0 Å². The Morgan fingerprint density at radius 3 is 2.70 bits per heavy atom. The van der Waals surface area contributed by atoms with Gasteiger partial charge >= 0.3 is 5.97 Å². The minimum Gasteiger partial charge on any atom is -0.480 e. The largest absolute Gasteiger partial charge is 0.480 e. The summed E-state index contributed by atoms with van der Waals surface area (Å²) in [6.45, 7) is -0.00558. The summed E-state index contributed by atoms with van der Waals surface area (Å²) in [7, 11) is 0. The van der Waals surface area contributed by atoms with E-state index in [2.05, 4.69) is 10.3 Å². The van der Waals surface area contributed by atoms with Gasteiger partial charge in [0.2, 0.25) is 5.91 Å². The summed E-state index contributed by atoms with van der Waals surface area (Å²) in [5, 5.41) is 16.6. The van der Waals surface area contributed by atoms with E-state index in [1.807, 2.05) is 0 Å². The summed E-state index contributed by atoms with van der Waals surface area (Å²) in [4.78, 5) is 24.6. The van der Waals surface area contributed by atoms with Crippen molar-refractivity contribution in [2.75, 3.05) is 6.54 Å². The molecule has 1 aromatic rings.